The van der Waals surface area contributed by atoms with Gasteiger partial charge in [-0.05, 0) is 53.9 Å². The van der Waals surface area contributed by atoms with Gasteiger partial charge in [-0.25, -0.2) is 0 Å². The van der Waals surface area contributed by atoms with Crippen LogP contribution in [0.15, 0.2) is 97.1 Å². The van der Waals surface area contributed by atoms with Gasteiger partial charge in [0.05, 0.1) is 0 Å². The van der Waals surface area contributed by atoms with Crippen LogP contribution in [0.4, 0.5) is 0 Å². The van der Waals surface area contributed by atoms with Crippen molar-refractivity contribution in [3.8, 4) is 0 Å². The fourth-order valence-electron chi connectivity index (χ4n) is 4.41. The number of rotatable bonds is 0. The van der Waals surface area contributed by atoms with Crippen molar-refractivity contribution in [2.45, 2.75) is 0 Å². The monoisotopic (exact) mass is 328 g/mol. The molecule has 120 valence electrons. The zero-order valence-electron chi connectivity index (χ0n) is 14.2. The third-order valence-electron chi connectivity index (χ3n) is 5.63. The predicted octanol–water partition coefficient (Wildman–Crippen LogP) is 7.45. The predicted molar refractivity (Wildman–Crippen MR) is 114 cm³/mol. The van der Waals surface area contributed by atoms with Crippen molar-refractivity contribution >= 4 is 53.9 Å². The highest BCUT2D eigenvalue weighted by Crippen LogP contribution is 2.37. The van der Waals surface area contributed by atoms with Crippen LogP contribution in [-0.4, -0.2) is 0 Å². The van der Waals surface area contributed by atoms with Crippen LogP contribution in [0.5, 0.6) is 0 Å². The minimum Gasteiger partial charge on any atom is -0.0616 e. The van der Waals surface area contributed by atoms with E-state index in [-0.39, 0.29) is 0 Å². The Morgan fingerprint density at radius 1 is 0.269 bits per heavy atom. The third kappa shape index (κ3) is 1.79. The second-order valence-electron chi connectivity index (χ2n) is 6.99. The molecule has 0 N–H and O–H groups in total. The zero-order valence-corrected chi connectivity index (χ0v) is 14.2. The summed E-state index contributed by atoms with van der Waals surface area (Å²) >= 11 is 0. The Morgan fingerprint density at radius 3 is 1.23 bits per heavy atom. The van der Waals surface area contributed by atoms with Crippen LogP contribution in [-0.2, 0) is 0 Å². The Balaban J connectivity index is 1.90. The van der Waals surface area contributed by atoms with Crippen molar-refractivity contribution in [1.29, 1.82) is 0 Å². The highest BCUT2D eigenvalue weighted by atomic mass is 14.1. The Bertz CT molecular complexity index is 1360. The standard InChI is InChI=1S/C26H16/c1-3-7-20-17(5-1)9-15-24-22(20)13-11-19-12-14-23-21-8-4-2-6-18(21)10-16-25(23)26(19)24/h1-16H. The van der Waals surface area contributed by atoms with Gasteiger partial charge in [-0.3, -0.25) is 0 Å². The van der Waals surface area contributed by atoms with Crippen LogP contribution in [0.25, 0.3) is 53.9 Å². The van der Waals surface area contributed by atoms with E-state index in [1.54, 1.807) is 0 Å². The Kier molecular flexibility index (Phi) is 2.70. The highest BCUT2D eigenvalue weighted by Gasteiger charge is 2.09. The lowest BCUT2D eigenvalue weighted by Gasteiger charge is -2.12. The molecule has 0 saturated carbocycles. The van der Waals surface area contributed by atoms with E-state index in [1.807, 2.05) is 0 Å². The molecule has 0 heteroatoms. The summed E-state index contributed by atoms with van der Waals surface area (Å²) < 4.78 is 0. The lowest BCUT2D eigenvalue weighted by atomic mass is 9.92. The average Bonchev–Trinajstić information content (AvgIpc) is 2.72. The van der Waals surface area contributed by atoms with Crippen molar-refractivity contribution in [2.75, 3.05) is 0 Å². The first-order valence-electron chi connectivity index (χ1n) is 9.05. The zero-order chi connectivity index (χ0) is 17.1. The molecule has 0 atom stereocenters. The van der Waals surface area contributed by atoms with Gasteiger partial charge in [-0.1, -0.05) is 97.1 Å². The Labute approximate surface area is 151 Å². The van der Waals surface area contributed by atoms with E-state index in [4.69, 9.17) is 0 Å². The SMILES string of the molecule is c1ccc2c(c1)ccc1c2ccc2ccc3c4ccccc4ccc3c21. The van der Waals surface area contributed by atoms with Gasteiger partial charge in [0.1, 0.15) is 0 Å². The van der Waals surface area contributed by atoms with Gasteiger partial charge in [0.2, 0.25) is 0 Å². The van der Waals surface area contributed by atoms with Gasteiger partial charge >= 0.3 is 0 Å². The minimum absolute atomic E-state index is 1.30. The largest absolute Gasteiger partial charge is 0.0616 e. The highest BCUT2D eigenvalue weighted by molar-refractivity contribution is 6.27. The molecular formula is C26H16. The molecular weight excluding hydrogens is 312 g/mol. The first-order chi connectivity index (χ1) is 12.9. The van der Waals surface area contributed by atoms with Crippen LogP contribution >= 0.6 is 0 Å². The molecule has 0 amide bonds. The molecule has 0 spiro atoms. The van der Waals surface area contributed by atoms with E-state index < -0.39 is 0 Å². The van der Waals surface area contributed by atoms with Crippen molar-refractivity contribution < 1.29 is 0 Å². The fraction of sp³-hybridized carbons (Fsp3) is 0. The number of hydrogen-bond acceptors (Lipinski definition) is 0. The van der Waals surface area contributed by atoms with E-state index in [2.05, 4.69) is 97.1 Å². The molecule has 0 aliphatic rings. The van der Waals surface area contributed by atoms with Crippen LogP contribution < -0.4 is 0 Å². The molecule has 6 aromatic rings. The van der Waals surface area contributed by atoms with Gasteiger partial charge in [-0.15, -0.1) is 0 Å². The van der Waals surface area contributed by atoms with Gasteiger partial charge in [0.25, 0.3) is 0 Å². The van der Waals surface area contributed by atoms with Gasteiger partial charge in [0.15, 0.2) is 0 Å². The second-order valence-corrected chi connectivity index (χ2v) is 6.99. The van der Waals surface area contributed by atoms with Crippen LogP contribution in [0, 0.1) is 0 Å². The summed E-state index contributed by atoms with van der Waals surface area (Å²) in [6, 6.07) is 35.4. The number of benzene rings is 6. The molecule has 0 aromatic heterocycles. The van der Waals surface area contributed by atoms with Gasteiger partial charge in [-0.2, -0.15) is 0 Å². The summed E-state index contributed by atoms with van der Waals surface area (Å²) in [5.41, 5.74) is 0. The van der Waals surface area contributed by atoms with Gasteiger partial charge in [0, 0.05) is 0 Å². The molecule has 0 saturated heterocycles. The molecule has 6 aromatic carbocycles. The molecule has 26 heavy (non-hydrogen) atoms. The van der Waals surface area contributed by atoms with E-state index in [0.29, 0.717) is 0 Å². The van der Waals surface area contributed by atoms with Crippen LogP contribution in [0.2, 0.25) is 0 Å². The number of fused-ring (bicyclic) bond motifs is 9. The normalized spacial score (nSPS) is 11.8. The van der Waals surface area contributed by atoms with Crippen molar-refractivity contribution in [2.24, 2.45) is 0 Å². The van der Waals surface area contributed by atoms with E-state index in [9.17, 15) is 0 Å². The molecule has 6 rings (SSSR count). The maximum atomic E-state index is 2.29. The fourth-order valence-corrected chi connectivity index (χ4v) is 4.41. The summed E-state index contributed by atoms with van der Waals surface area (Å²) in [4.78, 5) is 0. The molecule has 0 aliphatic heterocycles. The van der Waals surface area contributed by atoms with E-state index >= 15 is 0 Å². The first kappa shape index (κ1) is 13.9. The maximum absolute atomic E-state index is 2.29. The summed E-state index contributed by atoms with van der Waals surface area (Å²) in [5.74, 6) is 0. The molecule has 0 aliphatic carbocycles. The number of hydrogen-bond donors (Lipinski definition) is 0. The van der Waals surface area contributed by atoms with Crippen LogP contribution in [0.1, 0.15) is 0 Å². The maximum Gasteiger partial charge on any atom is -0.00264 e. The van der Waals surface area contributed by atoms with E-state index in [0.717, 1.165) is 0 Å². The van der Waals surface area contributed by atoms with Gasteiger partial charge < -0.3 is 0 Å². The second kappa shape index (κ2) is 5.06. The first-order valence-corrected chi connectivity index (χ1v) is 9.05. The van der Waals surface area contributed by atoms with Crippen molar-refractivity contribution in [3.63, 3.8) is 0 Å². The van der Waals surface area contributed by atoms with Crippen LogP contribution in [0.3, 0.4) is 0 Å². The average molecular weight is 328 g/mol. The van der Waals surface area contributed by atoms with Crippen molar-refractivity contribution in [1.82, 2.24) is 0 Å². The van der Waals surface area contributed by atoms with E-state index in [1.165, 1.54) is 53.9 Å². The summed E-state index contributed by atoms with van der Waals surface area (Å²) in [7, 11) is 0. The quantitative estimate of drug-likeness (QED) is 0.254. The lowest BCUT2D eigenvalue weighted by Crippen LogP contribution is -1.84. The minimum atomic E-state index is 1.30. The Morgan fingerprint density at radius 2 is 0.692 bits per heavy atom. The topological polar surface area (TPSA) is 0 Å². The van der Waals surface area contributed by atoms with Crippen molar-refractivity contribution in [3.05, 3.63) is 97.1 Å². The lowest BCUT2D eigenvalue weighted by molar-refractivity contribution is 1.78. The molecule has 0 bridgehead atoms. The molecule has 0 fully saturated rings. The molecule has 0 radical (unpaired) electrons. The third-order valence-corrected chi connectivity index (χ3v) is 5.63. The summed E-state index contributed by atoms with van der Waals surface area (Å²) in [6.07, 6.45) is 0. The smallest absolute Gasteiger partial charge is 0.00264 e. The summed E-state index contributed by atoms with van der Waals surface area (Å²) in [5, 5.41) is 13.2. The molecule has 0 unspecified atom stereocenters. The molecule has 0 nitrogen and oxygen atoms in total. The molecule has 0 heterocycles. The summed E-state index contributed by atoms with van der Waals surface area (Å²) in [6.45, 7) is 0. The Hall–Kier alpha value is -3.38.